The van der Waals surface area contributed by atoms with Crippen molar-refractivity contribution in [2.75, 3.05) is 5.32 Å². The van der Waals surface area contributed by atoms with Gasteiger partial charge in [-0.2, -0.15) is 5.10 Å². The Balaban J connectivity index is 1.84. The number of aromatic nitrogens is 3. The standard InChI is InChI=1S/C20H15F3N4/c1-11-16(10-12-6-7-14(22)19(23)20(12)25-11)26-15-5-3-4-13(21)18(15)17-8-9-24-27(17)2/h3-10,26H,1-2H3. The van der Waals surface area contributed by atoms with Gasteiger partial charge < -0.3 is 5.32 Å². The summed E-state index contributed by atoms with van der Waals surface area (Å²) in [6, 6.07) is 10.6. The molecule has 4 nitrogen and oxygen atoms in total. The molecule has 27 heavy (non-hydrogen) atoms. The van der Waals surface area contributed by atoms with E-state index in [0.717, 1.165) is 6.07 Å². The second kappa shape index (κ2) is 6.42. The zero-order valence-electron chi connectivity index (χ0n) is 14.6. The number of aryl methyl sites for hydroxylation is 2. The van der Waals surface area contributed by atoms with Gasteiger partial charge in [-0.1, -0.05) is 6.07 Å². The summed E-state index contributed by atoms with van der Waals surface area (Å²) in [7, 11) is 1.73. The van der Waals surface area contributed by atoms with Crippen LogP contribution in [-0.2, 0) is 7.05 Å². The maximum atomic E-state index is 14.6. The van der Waals surface area contributed by atoms with Crippen molar-refractivity contribution in [2.45, 2.75) is 6.92 Å². The fraction of sp³-hybridized carbons (Fsp3) is 0.100. The Bertz CT molecular complexity index is 1170. The van der Waals surface area contributed by atoms with Gasteiger partial charge in [0, 0.05) is 18.6 Å². The van der Waals surface area contributed by atoms with Crippen LogP contribution in [0.15, 0.2) is 48.7 Å². The molecule has 4 aromatic rings. The van der Waals surface area contributed by atoms with Crippen molar-refractivity contribution < 1.29 is 13.2 Å². The Labute approximate surface area is 153 Å². The quantitative estimate of drug-likeness (QED) is 0.547. The molecule has 2 heterocycles. The number of nitrogens with zero attached hydrogens (tertiary/aromatic N) is 3. The van der Waals surface area contributed by atoms with E-state index in [1.807, 2.05) is 0 Å². The normalized spacial score (nSPS) is 11.1. The Morgan fingerprint density at radius 3 is 2.52 bits per heavy atom. The smallest absolute Gasteiger partial charge is 0.184 e. The van der Waals surface area contributed by atoms with E-state index in [4.69, 9.17) is 0 Å². The summed E-state index contributed by atoms with van der Waals surface area (Å²) in [5, 5.41) is 7.70. The van der Waals surface area contributed by atoms with E-state index in [0.29, 0.717) is 33.7 Å². The average Bonchev–Trinajstić information content (AvgIpc) is 3.05. The molecule has 0 spiro atoms. The van der Waals surface area contributed by atoms with Gasteiger partial charge >= 0.3 is 0 Å². The lowest BCUT2D eigenvalue weighted by molar-refractivity contribution is 0.515. The minimum Gasteiger partial charge on any atom is -0.353 e. The predicted octanol–water partition coefficient (Wildman–Crippen LogP) is 5.10. The van der Waals surface area contributed by atoms with Crippen LogP contribution in [0.25, 0.3) is 22.2 Å². The molecule has 0 radical (unpaired) electrons. The number of hydrogen-bond donors (Lipinski definition) is 1. The van der Waals surface area contributed by atoms with E-state index < -0.39 is 17.5 Å². The van der Waals surface area contributed by atoms with Gasteiger partial charge in [-0.05, 0) is 43.3 Å². The molecule has 7 heteroatoms. The molecule has 2 aromatic carbocycles. The maximum Gasteiger partial charge on any atom is 0.184 e. The van der Waals surface area contributed by atoms with Crippen LogP contribution in [0.1, 0.15) is 5.69 Å². The van der Waals surface area contributed by atoms with Crippen LogP contribution in [0.3, 0.4) is 0 Å². The number of benzene rings is 2. The van der Waals surface area contributed by atoms with Gasteiger partial charge in [0.05, 0.1) is 28.3 Å². The fourth-order valence-electron chi connectivity index (χ4n) is 3.05. The van der Waals surface area contributed by atoms with Crippen molar-refractivity contribution in [2.24, 2.45) is 7.05 Å². The summed E-state index contributed by atoms with van der Waals surface area (Å²) in [4.78, 5) is 4.18. The molecule has 0 aliphatic carbocycles. The summed E-state index contributed by atoms with van der Waals surface area (Å²) in [5.41, 5.74) is 2.49. The Morgan fingerprint density at radius 1 is 0.963 bits per heavy atom. The number of halogens is 3. The number of hydrogen-bond acceptors (Lipinski definition) is 3. The molecule has 0 amide bonds. The van der Waals surface area contributed by atoms with E-state index in [2.05, 4.69) is 15.4 Å². The van der Waals surface area contributed by atoms with Crippen molar-refractivity contribution in [3.05, 3.63) is 71.8 Å². The summed E-state index contributed by atoms with van der Waals surface area (Å²) in [5.74, 6) is -2.33. The molecular weight excluding hydrogens is 353 g/mol. The van der Waals surface area contributed by atoms with Gasteiger partial charge in [-0.15, -0.1) is 0 Å². The molecule has 0 unspecified atom stereocenters. The molecule has 0 atom stereocenters. The molecule has 0 fully saturated rings. The molecule has 0 aliphatic heterocycles. The van der Waals surface area contributed by atoms with E-state index in [-0.39, 0.29) is 5.52 Å². The zero-order valence-corrected chi connectivity index (χ0v) is 14.6. The largest absolute Gasteiger partial charge is 0.353 e. The SMILES string of the molecule is Cc1nc2c(F)c(F)ccc2cc1Nc1cccc(F)c1-c1ccnn1C. The first-order valence-electron chi connectivity index (χ1n) is 8.25. The molecule has 0 saturated heterocycles. The Hall–Kier alpha value is -3.35. The van der Waals surface area contributed by atoms with Crippen LogP contribution in [0.4, 0.5) is 24.5 Å². The van der Waals surface area contributed by atoms with Crippen molar-refractivity contribution in [1.29, 1.82) is 0 Å². The van der Waals surface area contributed by atoms with Crippen molar-refractivity contribution in [3.63, 3.8) is 0 Å². The number of pyridine rings is 1. The first-order valence-corrected chi connectivity index (χ1v) is 8.25. The lowest BCUT2D eigenvalue weighted by atomic mass is 10.1. The second-order valence-electron chi connectivity index (χ2n) is 6.18. The zero-order chi connectivity index (χ0) is 19.1. The topological polar surface area (TPSA) is 42.7 Å². The second-order valence-corrected chi connectivity index (χ2v) is 6.18. The third kappa shape index (κ3) is 2.91. The summed E-state index contributed by atoms with van der Waals surface area (Å²) in [6.45, 7) is 1.68. The van der Waals surface area contributed by atoms with Crippen LogP contribution in [0, 0.1) is 24.4 Å². The molecule has 2 aromatic heterocycles. The molecule has 4 rings (SSSR count). The van der Waals surface area contributed by atoms with Gasteiger partial charge in [0.25, 0.3) is 0 Å². The van der Waals surface area contributed by atoms with Gasteiger partial charge in [-0.3, -0.25) is 4.68 Å². The van der Waals surface area contributed by atoms with Gasteiger partial charge in [-0.25, -0.2) is 18.2 Å². The van der Waals surface area contributed by atoms with Gasteiger partial charge in [0.2, 0.25) is 0 Å². The summed E-state index contributed by atoms with van der Waals surface area (Å²) in [6.07, 6.45) is 1.59. The Kier molecular flexibility index (Phi) is 4.07. The lowest BCUT2D eigenvalue weighted by Gasteiger charge is -2.15. The van der Waals surface area contributed by atoms with E-state index in [9.17, 15) is 13.2 Å². The van der Waals surface area contributed by atoms with E-state index >= 15 is 0 Å². The average molecular weight is 368 g/mol. The third-order valence-corrected chi connectivity index (χ3v) is 4.43. The number of nitrogens with one attached hydrogen (secondary N) is 1. The molecular formula is C20H15F3N4. The lowest BCUT2D eigenvalue weighted by Crippen LogP contribution is -2.02. The van der Waals surface area contributed by atoms with Crippen LogP contribution in [0.5, 0.6) is 0 Å². The maximum absolute atomic E-state index is 14.6. The monoisotopic (exact) mass is 368 g/mol. The van der Waals surface area contributed by atoms with Gasteiger partial charge in [0.15, 0.2) is 11.6 Å². The predicted molar refractivity (Wildman–Crippen MR) is 98.3 cm³/mol. The number of fused-ring (bicyclic) bond motifs is 1. The highest BCUT2D eigenvalue weighted by atomic mass is 19.2. The number of anilines is 2. The highest BCUT2D eigenvalue weighted by Gasteiger charge is 2.16. The summed E-state index contributed by atoms with van der Waals surface area (Å²) < 4.78 is 43.5. The number of rotatable bonds is 3. The van der Waals surface area contributed by atoms with Crippen LogP contribution in [-0.4, -0.2) is 14.8 Å². The van der Waals surface area contributed by atoms with Crippen molar-refractivity contribution in [1.82, 2.24) is 14.8 Å². The van der Waals surface area contributed by atoms with Crippen LogP contribution >= 0.6 is 0 Å². The van der Waals surface area contributed by atoms with Gasteiger partial charge in [0.1, 0.15) is 11.3 Å². The first-order chi connectivity index (χ1) is 13.0. The summed E-state index contributed by atoms with van der Waals surface area (Å²) >= 11 is 0. The highest BCUT2D eigenvalue weighted by Crippen LogP contribution is 2.34. The van der Waals surface area contributed by atoms with Crippen LogP contribution < -0.4 is 5.32 Å². The Morgan fingerprint density at radius 2 is 1.78 bits per heavy atom. The fourth-order valence-corrected chi connectivity index (χ4v) is 3.05. The molecule has 1 N–H and O–H groups in total. The molecule has 136 valence electrons. The molecule has 0 saturated carbocycles. The first kappa shape index (κ1) is 17.1. The van der Waals surface area contributed by atoms with E-state index in [1.165, 1.54) is 12.1 Å². The van der Waals surface area contributed by atoms with Crippen molar-refractivity contribution in [3.8, 4) is 11.3 Å². The van der Waals surface area contributed by atoms with Crippen molar-refractivity contribution >= 4 is 22.3 Å². The van der Waals surface area contributed by atoms with Crippen LogP contribution in [0.2, 0.25) is 0 Å². The molecule has 0 aliphatic rings. The minimum absolute atomic E-state index is 0.0378. The molecule has 0 bridgehead atoms. The highest BCUT2D eigenvalue weighted by molar-refractivity contribution is 5.86. The third-order valence-electron chi connectivity index (χ3n) is 4.43. The van der Waals surface area contributed by atoms with E-state index in [1.54, 1.807) is 49.1 Å². The minimum atomic E-state index is -0.983.